The maximum Gasteiger partial charge on any atom is 0.318 e. The average molecular weight is 392 g/mol. The summed E-state index contributed by atoms with van der Waals surface area (Å²) in [6, 6.07) is 5.62. The van der Waals surface area contributed by atoms with E-state index in [1.807, 2.05) is 0 Å². The van der Waals surface area contributed by atoms with Crippen LogP contribution in [-0.2, 0) is 22.6 Å². The summed E-state index contributed by atoms with van der Waals surface area (Å²) in [4.78, 5) is 18.8. The third kappa shape index (κ3) is 5.49. The smallest absolute Gasteiger partial charge is 0.318 e. The van der Waals surface area contributed by atoms with Gasteiger partial charge in [-0.1, -0.05) is 17.3 Å². The number of benzene rings is 1. The minimum absolute atomic E-state index is 0.197. The quantitative estimate of drug-likeness (QED) is 0.695. The van der Waals surface area contributed by atoms with Crippen LogP contribution in [-0.4, -0.2) is 47.9 Å². The number of nitrogens with one attached hydrogen (secondary N) is 1. The van der Waals surface area contributed by atoms with Crippen LogP contribution in [0.25, 0.3) is 0 Å². The summed E-state index contributed by atoms with van der Waals surface area (Å²) in [5.74, 6) is 0.565. The molecule has 1 fully saturated rings. The van der Waals surface area contributed by atoms with Crippen LogP contribution in [0.5, 0.6) is 0 Å². The summed E-state index contributed by atoms with van der Waals surface area (Å²) >= 11 is 0. The van der Waals surface area contributed by atoms with Gasteiger partial charge in [0.25, 0.3) is 5.89 Å². The number of hydrogen-bond acceptors (Lipinski definition) is 6. The van der Waals surface area contributed by atoms with E-state index in [0.29, 0.717) is 38.0 Å². The van der Waals surface area contributed by atoms with E-state index in [4.69, 9.17) is 14.0 Å². The highest BCUT2D eigenvalue weighted by molar-refractivity contribution is 5.74. The number of urea groups is 1. The first-order chi connectivity index (χ1) is 13.7. The lowest BCUT2D eigenvalue weighted by atomic mass is 10.0. The number of hydrogen-bond donors (Lipinski definition) is 1. The van der Waals surface area contributed by atoms with Crippen molar-refractivity contribution >= 4 is 6.03 Å². The summed E-state index contributed by atoms with van der Waals surface area (Å²) in [7, 11) is 1.60. The third-order valence-electron chi connectivity index (χ3n) is 4.56. The molecule has 1 aliphatic heterocycles. The van der Waals surface area contributed by atoms with Gasteiger partial charge in [-0.3, -0.25) is 0 Å². The Kier molecular flexibility index (Phi) is 7.32. The van der Waals surface area contributed by atoms with E-state index >= 15 is 0 Å². The first-order valence-electron chi connectivity index (χ1n) is 9.35. The number of methoxy groups -OCH3 is 1. The number of nitrogens with zero attached hydrogens (tertiary/aromatic N) is 3. The van der Waals surface area contributed by atoms with Crippen LogP contribution in [0.4, 0.5) is 9.18 Å². The van der Waals surface area contributed by atoms with Gasteiger partial charge in [-0.05, 0) is 37.0 Å². The van der Waals surface area contributed by atoms with Crippen molar-refractivity contribution in [3.05, 3.63) is 47.4 Å². The second-order valence-electron chi connectivity index (χ2n) is 6.58. The zero-order valence-corrected chi connectivity index (χ0v) is 15.9. The van der Waals surface area contributed by atoms with E-state index in [2.05, 4.69) is 15.5 Å². The van der Waals surface area contributed by atoms with Crippen molar-refractivity contribution in [2.24, 2.45) is 0 Å². The molecule has 3 rings (SSSR count). The van der Waals surface area contributed by atoms with Crippen molar-refractivity contribution in [1.29, 1.82) is 0 Å². The number of ether oxygens (including phenoxy) is 2. The Morgan fingerprint density at radius 2 is 2.14 bits per heavy atom. The Labute approximate surface area is 163 Å². The van der Waals surface area contributed by atoms with Crippen molar-refractivity contribution in [3.63, 3.8) is 0 Å². The van der Waals surface area contributed by atoms with Gasteiger partial charge in [-0.25, -0.2) is 9.18 Å². The number of amides is 2. The number of rotatable bonds is 8. The van der Waals surface area contributed by atoms with Crippen molar-refractivity contribution in [1.82, 2.24) is 20.4 Å². The molecule has 1 N–H and O–H groups in total. The van der Waals surface area contributed by atoms with Gasteiger partial charge in [0, 0.05) is 20.2 Å². The van der Waals surface area contributed by atoms with Crippen LogP contribution in [0.15, 0.2) is 28.8 Å². The minimum Gasteiger partial charge on any atom is -0.382 e. The van der Waals surface area contributed by atoms with Crippen LogP contribution in [0, 0.1) is 5.82 Å². The lowest BCUT2D eigenvalue weighted by molar-refractivity contribution is 0.0494. The van der Waals surface area contributed by atoms with Crippen LogP contribution in [0.2, 0.25) is 0 Å². The van der Waals surface area contributed by atoms with Crippen LogP contribution in [0.1, 0.15) is 42.6 Å². The van der Waals surface area contributed by atoms with E-state index < -0.39 is 0 Å². The molecule has 2 amide bonds. The second kappa shape index (κ2) is 10.1. The molecule has 0 spiro atoms. The molecule has 1 atom stereocenters. The summed E-state index contributed by atoms with van der Waals surface area (Å²) in [5, 5.41) is 6.92. The Hall–Kier alpha value is -2.52. The maximum atomic E-state index is 13.0. The summed E-state index contributed by atoms with van der Waals surface area (Å²) in [5.41, 5.74) is 0.832. The van der Waals surface area contributed by atoms with E-state index in [1.54, 1.807) is 24.1 Å². The highest BCUT2D eigenvalue weighted by atomic mass is 19.1. The number of aromatic nitrogens is 2. The van der Waals surface area contributed by atoms with Gasteiger partial charge in [0.15, 0.2) is 5.82 Å². The van der Waals surface area contributed by atoms with Gasteiger partial charge in [0.05, 0.1) is 19.3 Å². The van der Waals surface area contributed by atoms with Crippen molar-refractivity contribution < 1.29 is 23.2 Å². The summed E-state index contributed by atoms with van der Waals surface area (Å²) in [6.45, 7) is 2.09. The van der Waals surface area contributed by atoms with E-state index in [9.17, 15) is 9.18 Å². The molecule has 0 bridgehead atoms. The predicted molar refractivity (Wildman–Crippen MR) is 97.8 cm³/mol. The molecule has 28 heavy (non-hydrogen) atoms. The first-order valence-corrected chi connectivity index (χ1v) is 9.35. The summed E-state index contributed by atoms with van der Waals surface area (Å²) in [6.07, 6.45) is 2.68. The number of halogens is 1. The molecule has 2 heterocycles. The van der Waals surface area contributed by atoms with Gasteiger partial charge in [0.2, 0.25) is 0 Å². The fourth-order valence-electron chi connectivity index (χ4n) is 3.09. The molecule has 1 unspecified atom stereocenters. The maximum absolute atomic E-state index is 13.0. The molecule has 1 aromatic heterocycles. The third-order valence-corrected chi connectivity index (χ3v) is 4.56. The topological polar surface area (TPSA) is 89.7 Å². The SMILES string of the molecule is COCCOCc1nc(C2CCCCN2C(=O)NCc2ccc(F)cc2)no1. The Balaban J connectivity index is 1.57. The summed E-state index contributed by atoms with van der Waals surface area (Å²) < 4.78 is 28.6. The van der Waals surface area contributed by atoms with Gasteiger partial charge in [-0.2, -0.15) is 4.98 Å². The van der Waals surface area contributed by atoms with Gasteiger partial charge >= 0.3 is 6.03 Å². The molecule has 8 nitrogen and oxygen atoms in total. The van der Waals surface area contributed by atoms with E-state index in [0.717, 1.165) is 24.8 Å². The molecule has 9 heteroatoms. The van der Waals surface area contributed by atoms with Crippen molar-refractivity contribution in [2.75, 3.05) is 26.9 Å². The van der Waals surface area contributed by atoms with E-state index in [-0.39, 0.29) is 24.5 Å². The molecule has 0 aliphatic carbocycles. The van der Waals surface area contributed by atoms with Crippen LogP contribution >= 0.6 is 0 Å². The predicted octanol–water partition coefficient (Wildman–Crippen LogP) is 2.81. The zero-order chi connectivity index (χ0) is 19.8. The van der Waals surface area contributed by atoms with Crippen molar-refractivity contribution in [3.8, 4) is 0 Å². The normalized spacial score (nSPS) is 16.9. The van der Waals surface area contributed by atoms with Crippen LogP contribution in [0.3, 0.4) is 0 Å². The lowest BCUT2D eigenvalue weighted by Gasteiger charge is -2.33. The number of carbonyl (C=O) groups is 1. The minimum atomic E-state index is -0.301. The Morgan fingerprint density at radius 3 is 2.93 bits per heavy atom. The first kappa shape index (κ1) is 20.2. The molecular weight excluding hydrogens is 367 g/mol. The number of piperidine rings is 1. The fourth-order valence-corrected chi connectivity index (χ4v) is 3.09. The lowest BCUT2D eigenvalue weighted by Crippen LogP contribution is -2.44. The Morgan fingerprint density at radius 1 is 1.32 bits per heavy atom. The molecule has 1 aromatic carbocycles. The highest BCUT2D eigenvalue weighted by Gasteiger charge is 2.31. The molecule has 0 radical (unpaired) electrons. The molecule has 2 aromatic rings. The number of likely N-dealkylation sites (tertiary alicyclic amines) is 1. The monoisotopic (exact) mass is 392 g/mol. The fraction of sp³-hybridized carbons (Fsp3) is 0.526. The van der Waals surface area contributed by atoms with Gasteiger partial charge in [-0.15, -0.1) is 0 Å². The standard InChI is InChI=1S/C19H25FN4O4/c1-26-10-11-27-13-17-22-18(23-28-17)16-4-2-3-9-24(16)19(25)21-12-14-5-7-15(20)8-6-14/h5-8,16H,2-4,9-13H2,1H3,(H,21,25). The van der Waals surface area contributed by atoms with Crippen LogP contribution < -0.4 is 5.32 Å². The molecule has 1 aliphatic rings. The second-order valence-corrected chi connectivity index (χ2v) is 6.58. The van der Waals surface area contributed by atoms with Gasteiger partial charge in [0.1, 0.15) is 12.4 Å². The molecule has 0 saturated carbocycles. The highest BCUT2D eigenvalue weighted by Crippen LogP contribution is 2.29. The average Bonchev–Trinajstić information content (AvgIpc) is 3.19. The Bertz CT molecular complexity index is 753. The number of carbonyl (C=O) groups excluding carboxylic acids is 1. The zero-order valence-electron chi connectivity index (χ0n) is 15.9. The van der Waals surface area contributed by atoms with E-state index in [1.165, 1.54) is 12.1 Å². The molecular formula is C19H25FN4O4. The molecule has 1 saturated heterocycles. The molecule has 152 valence electrons. The van der Waals surface area contributed by atoms with Crippen molar-refractivity contribution in [2.45, 2.75) is 38.5 Å². The largest absolute Gasteiger partial charge is 0.382 e. The van der Waals surface area contributed by atoms with Gasteiger partial charge < -0.3 is 24.2 Å².